The predicted octanol–water partition coefficient (Wildman–Crippen LogP) is 1.04. The van der Waals surface area contributed by atoms with Crippen LogP contribution in [0.2, 0.25) is 0 Å². The summed E-state index contributed by atoms with van der Waals surface area (Å²) in [7, 11) is 5.64. The number of nitrogens with zero attached hydrogens (tertiary/aromatic N) is 5. The van der Waals surface area contributed by atoms with E-state index in [2.05, 4.69) is 15.1 Å². The van der Waals surface area contributed by atoms with Gasteiger partial charge in [0.15, 0.2) is 0 Å². The molecular formula is C10H13N5O. The molecule has 2 aromatic rings. The van der Waals surface area contributed by atoms with Crippen LogP contribution in [-0.2, 0) is 7.05 Å². The van der Waals surface area contributed by atoms with Crippen LogP contribution in [0.15, 0.2) is 17.0 Å². The summed E-state index contributed by atoms with van der Waals surface area (Å²) >= 11 is 0. The van der Waals surface area contributed by atoms with Gasteiger partial charge in [0.2, 0.25) is 0 Å². The fourth-order valence-electron chi connectivity index (χ4n) is 1.16. The minimum absolute atomic E-state index is 0.477. The smallest absolute Gasteiger partial charge is 0.265 e. The van der Waals surface area contributed by atoms with E-state index in [-0.39, 0.29) is 0 Å². The molecule has 0 N–H and O–H groups in total. The molecule has 2 aromatic heterocycles. The van der Waals surface area contributed by atoms with Gasteiger partial charge in [-0.1, -0.05) is 0 Å². The minimum atomic E-state index is 0.477. The molecule has 0 saturated heterocycles. The van der Waals surface area contributed by atoms with E-state index in [9.17, 15) is 0 Å². The van der Waals surface area contributed by atoms with Crippen LogP contribution in [-0.4, -0.2) is 33.8 Å². The summed E-state index contributed by atoms with van der Waals surface area (Å²) in [5.41, 5.74) is 0.976. The van der Waals surface area contributed by atoms with E-state index in [1.807, 2.05) is 31.8 Å². The quantitative estimate of drug-likeness (QED) is 0.771. The third kappa shape index (κ3) is 2.10. The van der Waals surface area contributed by atoms with Crippen LogP contribution in [0, 0.1) is 0 Å². The Kier molecular flexibility index (Phi) is 2.72. The Morgan fingerprint density at radius 1 is 1.38 bits per heavy atom. The highest BCUT2D eigenvalue weighted by molar-refractivity contribution is 5.64. The Balaban J connectivity index is 2.15. The van der Waals surface area contributed by atoms with Gasteiger partial charge in [-0.2, -0.15) is 4.98 Å². The number of imidazole rings is 1. The lowest BCUT2D eigenvalue weighted by atomic mass is 10.4. The van der Waals surface area contributed by atoms with E-state index in [0.29, 0.717) is 11.8 Å². The van der Waals surface area contributed by atoms with Gasteiger partial charge in [-0.05, 0) is 11.2 Å². The average Bonchev–Trinajstić information content (AvgIpc) is 2.83. The molecule has 0 aliphatic rings. The molecule has 0 aliphatic heterocycles. The number of hydrogen-bond donors (Lipinski definition) is 0. The molecule has 0 unspecified atom stereocenters. The average molecular weight is 219 g/mol. The van der Waals surface area contributed by atoms with Crippen molar-refractivity contribution in [2.75, 3.05) is 19.0 Å². The van der Waals surface area contributed by atoms with E-state index < -0.39 is 0 Å². The molecule has 6 nitrogen and oxygen atoms in total. The highest BCUT2D eigenvalue weighted by Crippen LogP contribution is 2.09. The van der Waals surface area contributed by atoms with Gasteiger partial charge < -0.3 is 14.0 Å². The first kappa shape index (κ1) is 10.4. The second-order valence-electron chi connectivity index (χ2n) is 3.59. The fraction of sp³-hybridized carbons (Fsp3) is 0.300. The molecule has 0 atom stereocenters. The van der Waals surface area contributed by atoms with E-state index in [0.717, 1.165) is 5.69 Å². The molecule has 84 valence electrons. The van der Waals surface area contributed by atoms with Gasteiger partial charge >= 0.3 is 0 Å². The van der Waals surface area contributed by atoms with Crippen LogP contribution in [0.3, 0.4) is 0 Å². The first-order valence-corrected chi connectivity index (χ1v) is 4.82. The lowest BCUT2D eigenvalue weighted by Gasteiger charge is -2.01. The maximum atomic E-state index is 5.04. The zero-order valence-corrected chi connectivity index (χ0v) is 9.45. The summed E-state index contributed by atoms with van der Waals surface area (Å²) in [6.45, 7) is 0. The van der Waals surface area contributed by atoms with Gasteiger partial charge in [0.25, 0.3) is 11.8 Å². The van der Waals surface area contributed by atoms with Crippen molar-refractivity contribution in [3.8, 4) is 0 Å². The fourth-order valence-corrected chi connectivity index (χ4v) is 1.16. The van der Waals surface area contributed by atoms with Crippen molar-refractivity contribution in [3.05, 3.63) is 24.1 Å². The SMILES string of the molecule is CN(C)c1noc(/C=C/c2cncn2C)n1. The molecule has 0 spiro atoms. The van der Waals surface area contributed by atoms with Crippen LogP contribution < -0.4 is 4.90 Å². The Hall–Kier alpha value is -2.11. The monoisotopic (exact) mass is 219 g/mol. The highest BCUT2D eigenvalue weighted by Gasteiger charge is 2.04. The maximum absolute atomic E-state index is 5.04. The van der Waals surface area contributed by atoms with Crippen LogP contribution in [0.1, 0.15) is 11.6 Å². The number of anilines is 1. The second kappa shape index (κ2) is 4.18. The lowest BCUT2D eigenvalue weighted by molar-refractivity contribution is 0.410. The third-order valence-electron chi connectivity index (χ3n) is 2.08. The van der Waals surface area contributed by atoms with Gasteiger partial charge in [-0.25, -0.2) is 4.98 Å². The topological polar surface area (TPSA) is 60.0 Å². The largest absolute Gasteiger partial charge is 0.344 e. The Morgan fingerprint density at radius 3 is 2.75 bits per heavy atom. The number of rotatable bonds is 3. The second-order valence-corrected chi connectivity index (χ2v) is 3.59. The van der Waals surface area contributed by atoms with Crippen molar-refractivity contribution in [1.82, 2.24) is 19.7 Å². The minimum Gasteiger partial charge on any atom is -0.344 e. The molecule has 0 amide bonds. The van der Waals surface area contributed by atoms with Crippen molar-refractivity contribution in [3.63, 3.8) is 0 Å². The Bertz CT molecular complexity index is 497. The van der Waals surface area contributed by atoms with Gasteiger partial charge in [-0.3, -0.25) is 0 Å². The summed E-state index contributed by atoms with van der Waals surface area (Å²) in [6.07, 6.45) is 7.13. The lowest BCUT2D eigenvalue weighted by Crippen LogP contribution is -2.10. The van der Waals surface area contributed by atoms with E-state index in [1.165, 1.54) is 0 Å². The summed E-state index contributed by atoms with van der Waals surface area (Å²) in [5.74, 6) is 1.04. The third-order valence-corrected chi connectivity index (χ3v) is 2.08. The van der Waals surface area contributed by atoms with Crippen molar-refractivity contribution in [1.29, 1.82) is 0 Å². The Labute approximate surface area is 93.2 Å². The van der Waals surface area contributed by atoms with Gasteiger partial charge in [0, 0.05) is 27.2 Å². The molecule has 2 heterocycles. The molecule has 0 fully saturated rings. The maximum Gasteiger partial charge on any atom is 0.265 e. The van der Waals surface area contributed by atoms with Crippen molar-refractivity contribution in [2.24, 2.45) is 7.05 Å². The van der Waals surface area contributed by atoms with E-state index in [4.69, 9.17) is 4.52 Å². The van der Waals surface area contributed by atoms with Crippen molar-refractivity contribution >= 4 is 18.1 Å². The molecule has 0 saturated carbocycles. The van der Waals surface area contributed by atoms with Crippen LogP contribution in [0.5, 0.6) is 0 Å². The molecule has 0 radical (unpaired) electrons. The molecular weight excluding hydrogens is 206 g/mol. The number of aromatic nitrogens is 4. The molecule has 0 aliphatic carbocycles. The predicted molar refractivity (Wildman–Crippen MR) is 60.8 cm³/mol. The zero-order chi connectivity index (χ0) is 11.5. The number of hydrogen-bond acceptors (Lipinski definition) is 5. The normalized spacial score (nSPS) is 11.2. The summed E-state index contributed by atoms with van der Waals surface area (Å²) in [6, 6.07) is 0. The molecule has 2 rings (SSSR count). The summed E-state index contributed by atoms with van der Waals surface area (Å²) in [5, 5.41) is 3.80. The van der Waals surface area contributed by atoms with Gasteiger partial charge in [0.1, 0.15) is 0 Å². The molecule has 0 bridgehead atoms. The van der Waals surface area contributed by atoms with Crippen molar-refractivity contribution < 1.29 is 4.52 Å². The highest BCUT2D eigenvalue weighted by atomic mass is 16.5. The summed E-state index contributed by atoms with van der Waals surface area (Å²) < 4.78 is 6.95. The Morgan fingerprint density at radius 2 is 2.19 bits per heavy atom. The molecule has 16 heavy (non-hydrogen) atoms. The van der Waals surface area contributed by atoms with Gasteiger partial charge in [-0.15, -0.1) is 0 Å². The van der Waals surface area contributed by atoms with Crippen LogP contribution in [0.25, 0.3) is 12.2 Å². The van der Waals surface area contributed by atoms with E-state index in [1.54, 1.807) is 23.5 Å². The number of aryl methyl sites for hydroxylation is 1. The van der Waals surface area contributed by atoms with Crippen LogP contribution in [0.4, 0.5) is 5.95 Å². The molecule has 6 heteroatoms. The van der Waals surface area contributed by atoms with E-state index >= 15 is 0 Å². The van der Waals surface area contributed by atoms with Gasteiger partial charge in [0.05, 0.1) is 18.2 Å². The zero-order valence-electron chi connectivity index (χ0n) is 9.45. The van der Waals surface area contributed by atoms with Crippen LogP contribution >= 0.6 is 0 Å². The van der Waals surface area contributed by atoms with Crippen molar-refractivity contribution in [2.45, 2.75) is 0 Å². The first-order chi connectivity index (χ1) is 7.66. The standard InChI is InChI=1S/C10H13N5O/c1-14(2)10-12-9(16-13-10)5-4-8-6-11-7-15(8)3/h4-7H,1-3H3/b5-4+. The first-order valence-electron chi connectivity index (χ1n) is 4.82. The summed E-state index contributed by atoms with van der Waals surface area (Å²) in [4.78, 5) is 9.96. The molecule has 0 aromatic carbocycles.